The van der Waals surface area contributed by atoms with Gasteiger partial charge in [0.2, 0.25) is 11.8 Å². The molecule has 1 aliphatic heterocycles. The smallest absolute Gasteiger partial charge is 0.246 e. The zero-order valence-electron chi connectivity index (χ0n) is 16.5. The predicted octanol–water partition coefficient (Wildman–Crippen LogP) is 2.04. The fraction of sp³-hybridized carbons (Fsp3) is 0.364. The molecule has 1 atom stereocenters. The highest BCUT2D eigenvalue weighted by Gasteiger charge is 2.30. The molecular formula is C22H28N4O2. The van der Waals surface area contributed by atoms with Crippen LogP contribution in [0.1, 0.15) is 17.2 Å². The van der Waals surface area contributed by atoms with Crippen LogP contribution >= 0.6 is 0 Å². The van der Waals surface area contributed by atoms with Crippen molar-refractivity contribution in [3.8, 4) is 0 Å². The second kappa shape index (κ2) is 9.48. The average Bonchev–Trinajstić information content (AvgIpc) is 2.72. The number of rotatable bonds is 6. The van der Waals surface area contributed by atoms with Gasteiger partial charge in [-0.05, 0) is 24.6 Å². The van der Waals surface area contributed by atoms with Crippen molar-refractivity contribution in [3.05, 3.63) is 65.7 Å². The van der Waals surface area contributed by atoms with E-state index in [0.717, 1.165) is 43.0 Å². The van der Waals surface area contributed by atoms with Gasteiger partial charge in [0.05, 0.1) is 6.54 Å². The van der Waals surface area contributed by atoms with Gasteiger partial charge in [0.15, 0.2) is 0 Å². The largest absolute Gasteiger partial charge is 0.358 e. The van der Waals surface area contributed by atoms with Crippen LogP contribution in [0.15, 0.2) is 54.6 Å². The fourth-order valence-corrected chi connectivity index (χ4v) is 3.47. The van der Waals surface area contributed by atoms with E-state index in [1.54, 1.807) is 7.05 Å². The molecule has 6 heteroatoms. The molecule has 1 fully saturated rings. The van der Waals surface area contributed by atoms with E-state index in [-0.39, 0.29) is 17.9 Å². The molecule has 0 aliphatic carbocycles. The summed E-state index contributed by atoms with van der Waals surface area (Å²) in [5.41, 5.74) is 2.94. The molecule has 2 aromatic carbocycles. The minimum absolute atomic E-state index is 0.0187. The SMILES string of the molecule is CNC(=O)CN1CCN([C@@H](C(=O)Nc2ccc(C)cc2)c2ccccc2)CC1. The predicted molar refractivity (Wildman–Crippen MR) is 111 cm³/mol. The van der Waals surface area contributed by atoms with Gasteiger partial charge >= 0.3 is 0 Å². The molecule has 3 rings (SSSR count). The van der Waals surface area contributed by atoms with Crippen LogP contribution < -0.4 is 10.6 Å². The van der Waals surface area contributed by atoms with E-state index in [0.29, 0.717) is 6.54 Å². The zero-order valence-corrected chi connectivity index (χ0v) is 16.5. The zero-order chi connectivity index (χ0) is 19.9. The monoisotopic (exact) mass is 380 g/mol. The summed E-state index contributed by atoms with van der Waals surface area (Å²) in [6.45, 7) is 5.41. The Kier molecular flexibility index (Phi) is 6.79. The van der Waals surface area contributed by atoms with Gasteiger partial charge in [-0.3, -0.25) is 19.4 Å². The minimum Gasteiger partial charge on any atom is -0.358 e. The van der Waals surface area contributed by atoms with Gasteiger partial charge in [0.1, 0.15) is 6.04 Å². The Morgan fingerprint density at radius 1 is 0.964 bits per heavy atom. The Balaban J connectivity index is 1.72. The minimum atomic E-state index is -0.357. The Bertz CT molecular complexity index is 784. The standard InChI is InChI=1S/C22H28N4O2/c1-17-8-10-19(11-9-17)24-22(28)21(18-6-4-3-5-7-18)26-14-12-25(13-15-26)16-20(27)23-2/h3-11,21H,12-16H2,1-2H3,(H,23,27)(H,24,28)/t21-/m1/s1. The summed E-state index contributed by atoms with van der Waals surface area (Å²) in [5, 5.41) is 5.72. The van der Waals surface area contributed by atoms with Gasteiger partial charge in [0, 0.05) is 38.9 Å². The van der Waals surface area contributed by atoms with Crippen molar-refractivity contribution in [1.29, 1.82) is 0 Å². The Hall–Kier alpha value is -2.70. The van der Waals surface area contributed by atoms with Crippen molar-refractivity contribution in [2.24, 2.45) is 0 Å². The van der Waals surface area contributed by atoms with Crippen molar-refractivity contribution in [3.63, 3.8) is 0 Å². The third kappa shape index (κ3) is 5.18. The van der Waals surface area contributed by atoms with Crippen molar-refractivity contribution in [2.75, 3.05) is 45.1 Å². The molecule has 148 valence electrons. The first-order valence-corrected chi connectivity index (χ1v) is 9.66. The first-order valence-electron chi connectivity index (χ1n) is 9.66. The number of likely N-dealkylation sites (N-methyl/N-ethyl adjacent to an activating group) is 1. The van der Waals surface area contributed by atoms with Gasteiger partial charge in [-0.1, -0.05) is 48.0 Å². The number of aryl methyl sites for hydroxylation is 1. The molecule has 0 bridgehead atoms. The van der Waals surface area contributed by atoms with Gasteiger partial charge in [-0.25, -0.2) is 0 Å². The van der Waals surface area contributed by atoms with E-state index in [1.807, 2.05) is 61.5 Å². The highest BCUT2D eigenvalue weighted by Crippen LogP contribution is 2.24. The number of carbonyl (C=O) groups excluding carboxylic acids is 2. The topological polar surface area (TPSA) is 64.7 Å². The lowest BCUT2D eigenvalue weighted by Gasteiger charge is -2.38. The van der Waals surface area contributed by atoms with Crippen LogP contribution in [-0.4, -0.2) is 61.4 Å². The molecule has 0 saturated carbocycles. The lowest BCUT2D eigenvalue weighted by atomic mass is 10.0. The molecule has 1 saturated heterocycles. The summed E-state index contributed by atoms with van der Waals surface area (Å²) in [4.78, 5) is 29.1. The Morgan fingerprint density at radius 2 is 1.61 bits per heavy atom. The summed E-state index contributed by atoms with van der Waals surface area (Å²) in [6, 6.07) is 17.4. The van der Waals surface area contributed by atoms with Gasteiger partial charge in [0.25, 0.3) is 0 Å². The molecule has 6 nitrogen and oxygen atoms in total. The van der Waals surface area contributed by atoms with E-state index in [9.17, 15) is 9.59 Å². The number of hydrogen-bond acceptors (Lipinski definition) is 4. The first kappa shape index (κ1) is 20.0. The van der Waals surface area contributed by atoms with Gasteiger partial charge in [-0.15, -0.1) is 0 Å². The van der Waals surface area contributed by atoms with E-state index < -0.39 is 0 Å². The molecule has 0 spiro atoms. The van der Waals surface area contributed by atoms with E-state index >= 15 is 0 Å². The maximum Gasteiger partial charge on any atom is 0.246 e. The highest BCUT2D eigenvalue weighted by atomic mass is 16.2. The third-order valence-electron chi connectivity index (χ3n) is 5.10. The maximum absolute atomic E-state index is 13.2. The third-order valence-corrected chi connectivity index (χ3v) is 5.10. The summed E-state index contributed by atoms with van der Waals surface area (Å²) in [5.74, 6) is -0.0139. The number of hydrogen-bond donors (Lipinski definition) is 2. The fourth-order valence-electron chi connectivity index (χ4n) is 3.47. The van der Waals surface area contributed by atoms with Crippen LogP contribution in [0.3, 0.4) is 0 Å². The number of nitrogens with zero attached hydrogens (tertiary/aromatic N) is 2. The van der Waals surface area contributed by atoms with Crippen molar-refractivity contribution >= 4 is 17.5 Å². The lowest BCUT2D eigenvalue weighted by molar-refractivity contribution is -0.125. The number of amides is 2. The Morgan fingerprint density at radius 3 is 2.21 bits per heavy atom. The molecule has 28 heavy (non-hydrogen) atoms. The molecule has 1 aliphatic rings. The van der Waals surface area contributed by atoms with Crippen LogP contribution in [0.25, 0.3) is 0 Å². The normalized spacial score (nSPS) is 16.4. The van der Waals surface area contributed by atoms with Gasteiger partial charge < -0.3 is 10.6 Å². The summed E-state index contributed by atoms with van der Waals surface area (Å²) in [7, 11) is 1.65. The molecule has 1 heterocycles. The average molecular weight is 380 g/mol. The van der Waals surface area contributed by atoms with Crippen LogP contribution in [0.4, 0.5) is 5.69 Å². The molecule has 2 amide bonds. The quantitative estimate of drug-likeness (QED) is 0.805. The van der Waals surface area contributed by atoms with E-state index in [1.165, 1.54) is 0 Å². The van der Waals surface area contributed by atoms with E-state index in [2.05, 4.69) is 20.4 Å². The van der Waals surface area contributed by atoms with Crippen molar-refractivity contribution in [1.82, 2.24) is 15.1 Å². The van der Waals surface area contributed by atoms with Crippen LogP contribution in [-0.2, 0) is 9.59 Å². The molecule has 0 radical (unpaired) electrons. The second-order valence-electron chi connectivity index (χ2n) is 7.15. The number of carbonyl (C=O) groups is 2. The molecule has 0 aromatic heterocycles. The Labute approximate surface area is 166 Å². The number of piperazine rings is 1. The molecule has 2 N–H and O–H groups in total. The van der Waals surface area contributed by atoms with Crippen molar-refractivity contribution in [2.45, 2.75) is 13.0 Å². The number of nitrogens with one attached hydrogen (secondary N) is 2. The van der Waals surface area contributed by atoms with E-state index in [4.69, 9.17) is 0 Å². The van der Waals surface area contributed by atoms with Crippen LogP contribution in [0.5, 0.6) is 0 Å². The summed E-state index contributed by atoms with van der Waals surface area (Å²) >= 11 is 0. The van der Waals surface area contributed by atoms with Gasteiger partial charge in [-0.2, -0.15) is 0 Å². The summed E-state index contributed by atoms with van der Waals surface area (Å²) < 4.78 is 0. The molecule has 0 unspecified atom stereocenters. The maximum atomic E-state index is 13.2. The summed E-state index contributed by atoms with van der Waals surface area (Å²) in [6.07, 6.45) is 0. The number of anilines is 1. The first-order chi connectivity index (χ1) is 13.6. The second-order valence-corrected chi connectivity index (χ2v) is 7.15. The molecule has 2 aromatic rings. The van der Waals surface area contributed by atoms with Crippen molar-refractivity contribution < 1.29 is 9.59 Å². The molecular weight excluding hydrogens is 352 g/mol. The lowest BCUT2D eigenvalue weighted by Crippen LogP contribution is -2.51. The van der Waals surface area contributed by atoms with Crippen LogP contribution in [0.2, 0.25) is 0 Å². The number of benzene rings is 2. The van der Waals surface area contributed by atoms with Crippen LogP contribution in [0, 0.1) is 6.92 Å². The highest BCUT2D eigenvalue weighted by molar-refractivity contribution is 5.95.